The molecule has 1 saturated heterocycles. The first-order chi connectivity index (χ1) is 9.41. The van der Waals surface area contributed by atoms with E-state index in [1.807, 2.05) is 19.0 Å². The maximum Gasteiger partial charge on any atom is 0.265 e. The Bertz CT molecular complexity index is 481. The highest BCUT2D eigenvalue weighted by Crippen LogP contribution is 2.30. The van der Waals surface area contributed by atoms with Crippen LogP contribution < -0.4 is 16.0 Å². The Balaban J connectivity index is 1.98. The van der Waals surface area contributed by atoms with Gasteiger partial charge in [-0.25, -0.2) is 4.98 Å². The predicted octanol–water partition coefficient (Wildman–Crippen LogP) is 1.34. The number of ether oxygens (including phenoxy) is 1. The van der Waals surface area contributed by atoms with Crippen molar-refractivity contribution >= 4 is 28.2 Å². The van der Waals surface area contributed by atoms with Crippen LogP contribution in [0.15, 0.2) is 0 Å². The number of rotatable bonds is 4. The summed E-state index contributed by atoms with van der Waals surface area (Å²) in [5, 5.41) is 3.72. The second-order valence-corrected chi connectivity index (χ2v) is 6.69. The molecule has 0 radical (unpaired) electrons. The molecule has 20 heavy (non-hydrogen) atoms. The lowest BCUT2D eigenvalue weighted by Crippen LogP contribution is -2.39. The van der Waals surface area contributed by atoms with E-state index in [0.29, 0.717) is 17.2 Å². The Kier molecular flexibility index (Phi) is 4.49. The third-order valence-corrected chi connectivity index (χ3v) is 4.84. The zero-order chi connectivity index (χ0) is 14.8. The van der Waals surface area contributed by atoms with Crippen LogP contribution in [0.5, 0.6) is 0 Å². The van der Waals surface area contributed by atoms with Gasteiger partial charge in [0.25, 0.3) is 5.91 Å². The lowest BCUT2D eigenvalue weighted by Gasteiger charge is -2.33. The Morgan fingerprint density at radius 2 is 2.15 bits per heavy atom. The first-order valence-corrected chi connectivity index (χ1v) is 7.52. The molecule has 0 bridgehead atoms. The zero-order valence-corrected chi connectivity index (χ0v) is 13.0. The van der Waals surface area contributed by atoms with Gasteiger partial charge in [0, 0.05) is 33.9 Å². The van der Waals surface area contributed by atoms with Crippen molar-refractivity contribution < 1.29 is 9.53 Å². The molecular weight excluding hydrogens is 276 g/mol. The van der Waals surface area contributed by atoms with Crippen LogP contribution in [0.4, 0.5) is 10.9 Å². The number of nitrogens with one attached hydrogen (secondary N) is 1. The summed E-state index contributed by atoms with van der Waals surface area (Å²) in [5.41, 5.74) is 5.92. The molecular formula is C13H22N4O2S. The fraction of sp³-hybridized carbons (Fsp3) is 0.692. The standard InChI is InChI=1S/C13H22N4O2S/c1-13(4-6-19-7-5-13)8-15-11(18)9-10(14)16-12(20-9)17(2)3/h4-8,14H2,1-3H3,(H,15,18). The molecule has 0 aromatic carbocycles. The number of anilines is 2. The van der Waals surface area contributed by atoms with Crippen molar-refractivity contribution in [1.29, 1.82) is 0 Å². The molecule has 0 aliphatic carbocycles. The Morgan fingerprint density at radius 3 is 2.70 bits per heavy atom. The van der Waals surface area contributed by atoms with E-state index in [1.165, 1.54) is 11.3 Å². The summed E-state index contributed by atoms with van der Waals surface area (Å²) in [6, 6.07) is 0. The number of nitrogens with zero attached hydrogens (tertiary/aromatic N) is 2. The second kappa shape index (κ2) is 5.97. The van der Waals surface area contributed by atoms with Gasteiger partial charge in [0.15, 0.2) is 5.13 Å². The van der Waals surface area contributed by atoms with E-state index in [2.05, 4.69) is 17.2 Å². The van der Waals surface area contributed by atoms with Crippen molar-refractivity contribution in [3.63, 3.8) is 0 Å². The average molecular weight is 298 g/mol. The fourth-order valence-corrected chi connectivity index (χ4v) is 2.91. The van der Waals surface area contributed by atoms with Crippen molar-refractivity contribution in [3.8, 4) is 0 Å². The van der Waals surface area contributed by atoms with Crippen LogP contribution >= 0.6 is 11.3 Å². The van der Waals surface area contributed by atoms with Crippen molar-refractivity contribution in [2.45, 2.75) is 19.8 Å². The molecule has 3 N–H and O–H groups in total. The number of amides is 1. The van der Waals surface area contributed by atoms with Crippen LogP contribution in [0.3, 0.4) is 0 Å². The molecule has 0 spiro atoms. The highest BCUT2D eigenvalue weighted by Gasteiger charge is 2.28. The van der Waals surface area contributed by atoms with E-state index in [1.54, 1.807) is 0 Å². The van der Waals surface area contributed by atoms with E-state index in [0.717, 1.165) is 31.2 Å². The largest absolute Gasteiger partial charge is 0.382 e. The molecule has 7 heteroatoms. The van der Waals surface area contributed by atoms with E-state index >= 15 is 0 Å². The number of carbonyl (C=O) groups is 1. The monoisotopic (exact) mass is 298 g/mol. The first-order valence-electron chi connectivity index (χ1n) is 6.71. The van der Waals surface area contributed by atoms with Gasteiger partial charge in [-0.1, -0.05) is 18.3 Å². The van der Waals surface area contributed by atoms with Crippen LogP contribution in [0, 0.1) is 5.41 Å². The topological polar surface area (TPSA) is 80.5 Å². The van der Waals surface area contributed by atoms with Gasteiger partial charge in [0.1, 0.15) is 10.7 Å². The SMILES string of the molecule is CN(C)c1nc(N)c(C(=O)NCC2(C)CCOCC2)s1. The average Bonchev–Trinajstić information content (AvgIpc) is 2.79. The quantitative estimate of drug-likeness (QED) is 0.876. The smallest absolute Gasteiger partial charge is 0.265 e. The molecule has 0 unspecified atom stereocenters. The molecule has 2 rings (SSSR count). The van der Waals surface area contributed by atoms with Gasteiger partial charge >= 0.3 is 0 Å². The Hall–Kier alpha value is -1.34. The summed E-state index contributed by atoms with van der Waals surface area (Å²) >= 11 is 1.31. The summed E-state index contributed by atoms with van der Waals surface area (Å²) < 4.78 is 5.36. The molecule has 1 aromatic rings. The Morgan fingerprint density at radius 1 is 1.50 bits per heavy atom. The van der Waals surface area contributed by atoms with Gasteiger partial charge in [0.2, 0.25) is 0 Å². The summed E-state index contributed by atoms with van der Waals surface area (Å²) in [7, 11) is 3.76. The fourth-order valence-electron chi connectivity index (χ4n) is 2.09. The number of hydrogen-bond donors (Lipinski definition) is 2. The van der Waals surface area contributed by atoms with E-state index in [9.17, 15) is 4.79 Å². The lowest BCUT2D eigenvalue weighted by molar-refractivity contribution is 0.0239. The van der Waals surface area contributed by atoms with Gasteiger partial charge < -0.3 is 20.7 Å². The molecule has 2 heterocycles. The first kappa shape index (κ1) is 15.1. The second-order valence-electron chi connectivity index (χ2n) is 5.71. The number of nitrogen functional groups attached to an aromatic ring is 1. The van der Waals surface area contributed by atoms with Crippen LogP contribution in [-0.4, -0.2) is 44.7 Å². The van der Waals surface area contributed by atoms with E-state index in [4.69, 9.17) is 10.5 Å². The minimum Gasteiger partial charge on any atom is -0.382 e. The molecule has 1 amide bonds. The molecule has 0 saturated carbocycles. The van der Waals surface area contributed by atoms with Crippen LogP contribution in [-0.2, 0) is 4.74 Å². The van der Waals surface area contributed by atoms with Crippen LogP contribution in [0.1, 0.15) is 29.4 Å². The maximum absolute atomic E-state index is 12.2. The third-order valence-electron chi connectivity index (χ3n) is 3.61. The molecule has 1 aromatic heterocycles. The maximum atomic E-state index is 12.2. The number of nitrogens with two attached hydrogens (primary N) is 1. The molecule has 1 fully saturated rings. The van der Waals surface area contributed by atoms with Crippen LogP contribution in [0.25, 0.3) is 0 Å². The Labute approximate surface area is 123 Å². The summed E-state index contributed by atoms with van der Waals surface area (Å²) in [6.07, 6.45) is 1.93. The number of carbonyl (C=O) groups excluding carboxylic acids is 1. The lowest BCUT2D eigenvalue weighted by atomic mass is 9.82. The third kappa shape index (κ3) is 3.40. The predicted molar refractivity (Wildman–Crippen MR) is 81.3 cm³/mol. The van der Waals surface area contributed by atoms with Crippen molar-refractivity contribution in [3.05, 3.63) is 4.88 Å². The van der Waals surface area contributed by atoms with Crippen molar-refractivity contribution in [2.24, 2.45) is 5.41 Å². The molecule has 0 atom stereocenters. The minimum absolute atomic E-state index is 0.109. The molecule has 1 aliphatic rings. The molecule has 6 nitrogen and oxygen atoms in total. The van der Waals surface area contributed by atoms with Gasteiger partial charge in [-0.2, -0.15) is 0 Å². The van der Waals surface area contributed by atoms with Gasteiger partial charge in [-0.05, 0) is 18.3 Å². The molecule has 112 valence electrons. The van der Waals surface area contributed by atoms with Gasteiger partial charge in [-0.15, -0.1) is 0 Å². The van der Waals surface area contributed by atoms with Crippen LogP contribution in [0.2, 0.25) is 0 Å². The van der Waals surface area contributed by atoms with Gasteiger partial charge in [-0.3, -0.25) is 4.79 Å². The van der Waals surface area contributed by atoms with E-state index in [-0.39, 0.29) is 11.3 Å². The van der Waals surface area contributed by atoms with Crippen molar-refractivity contribution in [2.75, 3.05) is 44.5 Å². The van der Waals surface area contributed by atoms with Gasteiger partial charge in [0.05, 0.1) is 0 Å². The highest BCUT2D eigenvalue weighted by molar-refractivity contribution is 7.18. The zero-order valence-electron chi connectivity index (χ0n) is 12.2. The van der Waals surface area contributed by atoms with E-state index < -0.39 is 0 Å². The highest BCUT2D eigenvalue weighted by atomic mass is 32.1. The number of thiazole rings is 1. The number of aromatic nitrogens is 1. The normalized spacial score (nSPS) is 17.8. The summed E-state index contributed by atoms with van der Waals surface area (Å²) in [5.74, 6) is 0.161. The molecule has 1 aliphatic heterocycles. The van der Waals surface area contributed by atoms with Crippen molar-refractivity contribution in [1.82, 2.24) is 10.3 Å². The summed E-state index contributed by atoms with van der Waals surface area (Å²) in [4.78, 5) is 18.7. The minimum atomic E-state index is -0.138. The number of hydrogen-bond acceptors (Lipinski definition) is 6. The summed E-state index contributed by atoms with van der Waals surface area (Å²) in [6.45, 7) is 4.35.